The van der Waals surface area contributed by atoms with Crippen LogP contribution in [0.3, 0.4) is 0 Å². The molecule has 2 N–H and O–H groups in total. The maximum absolute atomic E-state index is 13.6. The van der Waals surface area contributed by atoms with E-state index >= 15 is 0 Å². The van der Waals surface area contributed by atoms with Crippen molar-refractivity contribution in [3.63, 3.8) is 0 Å². The second kappa shape index (κ2) is 7.09. The molecule has 126 valence electrons. The number of amides is 1. The van der Waals surface area contributed by atoms with Gasteiger partial charge in [0.2, 0.25) is 11.0 Å². The highest BCUT2D eigenvalue weighted by atomic mass is 32.2. The van der Waals surface area contributed by atoms with Crippen LogP contribution < -0.4 is 10.6 Å². The summed E-state index contributed by atoms with van der Waals surface area (Å²) in [4.78, 5) is 21.9. The highest BCUT2D eigenvalue weighted by molar-refractivity contribution is 8.01. The number of nitro benzene ring substituents is 1. The number of halogens is 1. The Morgan fingerprint density at radius 1 is 1.46 bits per heavy atom. The van der Waals surface area contributed by atoms with Crippen molar-refractivity contribution < 1.29 is 14.1 Å². The molecule has 1 aliphatic rings. The number of nitrogens with zero attached hydrogens (tertiary/aromatic N) is 3. The molecule has 24 heavy (non-hydrogen) atoms. The number of rotatable bonds is 7. The number of benzene rings is 1. The standard InChI is InChI=1S/C13H12FN5O3S2/c14-9-4-3-8(19(21)22)5-10(9)16-11(20)6-23-13-18-17-12(24-13)15-7-1-2-7/h3-5,7H,1-2,6H2,(H,15,17)(H,16,20). The second-order valence-electron chi connectivity index (χ2n) is 5.05. The zero-order chi connectivity index (χ0) is 17.1. The van der Waals surface area contributed by atoms with Crippen LogP contribution in [-0.4, -0.2) is 32.8 Å². The molecule has 1 heterocycles. The third-order valence-electron chi connectivity index (χ3n) is 3.07. The highest BCUT2D eigenvalue weighted by Gasteiger charge is 2.22. The van der Waals surface area contributed by atoms with Gasteiger partial charge in [-0.05, 0) is 18.9 Å². The van der Waals surface area contributed by atoms with Crippen LogP contribution in [0, 0.1) is 15.9 Å². The number of hydrogen-bond acceptors (Lipinski definition) is 8. The molecule has 0 saturated heterocycles. The molecular weight excluding hydrogens is 357 g/mol. The van der Waals surface area contributed by atoms with Gasteiger partial charge in [-0.25, -0.2) is 4.39 Å². The van der Waals surface area contributed by atoms with Crippen molar-refractivity contribution in [1.29, 1.82) is 0 Å². The molecule has 1 saturated carbocycles. The predicted molar refractivity (Wildman–Crippen MR) is 89.0 cm³/mol. The minimum Gasteiger partial charge on any atom is -0.357 e. The molecule has 1 aromatic carbocycles. The molecule has 1 aromatic heterocycles. The van der Waals surface area contributed by atoms with Crippen molar-refractivity contribution >= 4 is 45.5 Å². The lowest BCUT2D eigenvalue weighted by Crippen LogP contribution is -2.15. The summed E-state index contributed by atoms with van der Waals surface area (Å²) in [7, 11) is 0. The zero-order valence-corrected chi connectivity index (χ0v) is 13.8. The summed E-state index contributed by atoms with van der Waals surface area (Å²) in [6.07, 6.45) is 2.25. The number of nitro groups is 1. The summed E-state index contributed by atoms with van der Waals surface area (Å²) >= 11 is 2.51. The smallest absolute Gasteiger partial charge is 0.271 e. The van der Waals surface area contributed by atoms with Gasteiger partial charge < -0.3 is 10.6 Å². The Labute approximate surface area is 144 Å². The van der Waals surface area contributed by atoms with Crippen molar-refractivity contribution in [1.82, 2.24) is 10.2 Å². The quantitative estimate of drug-likeness (QED) is 0.439. The number of carbonyl (C=O) groups is 1. The van der Waals surface area contributed by atoms with E-state index in [2.05, 4.69) is 20.8 Å². The van der Waals surface area contributed by atoms with Crippen LogP contribution in [-0.2, 0) is 4.79 Å². The molecule has 2 aromatic rings. The lowest BCUT2D eigenvalue weighted by atomic mass is 10.2. The molecule has 0 bridgehead atoms. The Morgan fingerprint density at radius 2 is 2.25 bits per heavy atom. The first-order valence-electron chi connectivity index (χ1n) is 6.98. The lowest BCUT2D eigenvalue weighted by molar-refractivity contribution is -0.384. The van der Waals surface area contributed by atoms with Crippen molar-refractivity contribution in [2.75, 3.05) is 16.4 Å². The summed E-state index contributed by atoms with van der Waals surface area (Å²) in [5.41, 5.74) is -0.512. The summed E-state index contributed by atoms with van der Waals surface area (Å²) in [6.45, 7) is 0. The molecule has 0 unspecified atom stereocenters. The normalized spacial score (nSPS) is 13.5. The second-order valence-corrected chi connectivity index (χ2v) is 7.25. The maximum atomic E-state index is 13.6. The largest absolute Gasteiger partial charge is 0.357 e. The Bertz CT molecular complexity index is 781. The molecule has 1 aliphatic carbocycles. The summed E-state index contributed by atoms with van der Waals surface area (Å²) in [6, 6.07) is 3.44. The third kappa shape index (κ3) is 4.38. The van der Waals surface area contributed by atoms with Crippen LogP contribution in [0.4, 0.5) is 20.9 Å². The van der Waals surface area contributed by atoms with Gasteiger partial charge in [-0.2, -0.15) is 0 Å². The molecule has 0 spiro atoms. The van der Waals surface area contributed by atoms with E-state index in [1.54, 1.807) is 0 Å². The van der Waals surface area contributed by atoms with E-state index in [1.165, 1.54) is 23.1 Å². The van der Waals surface area contributed by atoms with Crippen molar-refractivity contribution in [2.24, 2.45) is 0 Å². The minimum absolute atomic E-state index is 0.000192. The summed E-state index contributed by atoms with van der Waals surface area (Å²) < 4.78 is 14.2. The number of carbonyl (C=O) groups excluding carboxylic acids is 1. The molecule has 1 amide bonds. The van der Waals surface area contributed by atoms with Crippen LogP contribution in [0.1, 0.15) is 12.8 Å². The van der Waals surface area contributed by atoms with E-state index in [4.69, 9.17) is 0 Å². The van der Waals surface area contributed by atoms with Gasteiger partial charge in [-0.3, -0.25) is 14.9 Å². The zero-order valence-electron chi connectivity index (χ0n) is 12.2. The fourth-order valence-electron chi connectivity index (χ4n) is 1.76. The first-order valence-corrected chi connectivity index (χ1v) is 8.78. The Morgan fingerprint density at radius 3 is 2.96 bits per heavy atom. The molecular formula is C13H12FN5O3S2. The van der Waals surface area contributed by atoms with Gasteiger partial charge in [0.15, 0.2) is 4.34 Å². The topological polar surface area (TPSA) is 110 Å². The van der Waals surface area contributed by atoms with Crippen LogP contribution in [0.5, 0.6) is 0 Å². The SMILES string of the molecule is O=C(CSc1nnc(NC2CC2)s1)Nc1cc([N+](=O)[O-])ccc1F. The molecule has 0 aliphatic heterocycles. The van der Waals surface area contributed by atoms with Gasteiger partial charge in [0, 0.05) is 18.2 Å². The number of anilines is 2. The van der Waals surface area contributed by atoms with Gasteiger partial charge in [-0.15, -0.1) is 10.2 Å². The van der Waals surface area contributed by atoms with E-state index < -0.39 is 16.6 Å². The van der Waals surface area contributed by atoms with Gasteiger partial charge in [0.25, 0.3) is 5.69 Å². The molecule has 8 nitrogen and oxygen atoms in total. The molecule has 0 atom stereocenters. The van der Waals surface area contributed by atoms with E-state index in [0.29, 0.717) is 15.5 Å². The summed E-state index contributed by atoms with van der Waals surface area (Å²) in [5.74, 6) is -1.21. The van der Waals surface area contributed by atoms with Gasteiger partial charge in [0.05, 0.1) is 16.4 Å². The molecule has 0 radical (unpaired) electrons. The lowest BCUT2D eigenvalue weighted by Gasteiger charge is -2.05. The van der Waals surface area contributed by atoms with Crippen LogP contribution in [0.25, 0.3) is 0 Å². The van der Waals surface area contributed by atoms with E-state index in [1.807, 2.05) is 0 Å². The highest BCUT2D eigenvalue weighted by Crippen LogP contribution is 2.30. The van der Waals surface area contributed by atoms with Gasteiger partial charge in [0.1, 0.15) is 5.82 Å². The average Bonchev–Trinajstić information content (AvgIpc) is 3.24. The van der Waals surface area contributed by atoms with Crippen LogP contribution in [0.2, 0.25) is 0 Å². The molecule has 1 fully saturated rings. The Kier molecular flexibility index (Phi) is 4.90. The average molecular weight is 369 g/mol. The summed E-state index contributed by atoms with van der Waals surface area (Å²) in [5, 5.41) is 24.9. The monoisotopic (exact) mass is 369 g/mol. The van der Waals surface area contributed by atoms with Crippen LogP contribution in [0.15, 0.2) is 22.5 Å². The fraction of sp³-hybridized carbons (Fsp3) is 0.308. The van der Waals surface area contributed by atoms with E-state index in [0.717, 1.165) is 31.0 Å². The number of aromatic nitrogens is 2. The minimum atomic E-state index is -0.731. The van der Waals surface area contributed by atoms with Gasteiger partial charge >= 0.3 is 0 Å². The van der Waals surface area contributed by atoms with Crippen molar-refractivity contribution in [2.45, 2.75) is 23.2 Å². The number of thioether (sulfide) groups is 1. The first-order chi connectivity index (χ1) is 11.5. The maximum Gasteiger partial charge on any atom is 0.271 e. The Balaban J connectivity index is 1.54. The molecule has 11 heteroatoms. The number of hydrogen-bond donors (Lipinski definition) is 2. The van der Waals surface area contributed by atoms with Gasteiger partial charge in [-0.1, -0.05) is 23.1 Å². The number of nitrogens with one attached hydrogen (secondary N) is 2. The van der Waals surface area contributed by atoms with Crippen LogP contribution >= 0.6 is 23.1 Å². The fourth-order valence-corrected chi connectivity index (χ4v) is 3.39. The van der Waals surface area contributed by atoms with E-state index in [9.17, 15) is 19.3 Å². The first kappa shape index (κ1) is 16.6. The Hall–Kier alpha value is -2.27. The predicted octanol–water partition coefficient (Wildman–Crippen LogP) is 2.89. The number of non-ortho nitro benzene ring substituents is 1. The van der Waals surface area contributed by atoms with Crippen molar-refractivity contribution in [3.8, 4) is 0 Å². The van der Waals surface area contributed by atoms with Crippen molar-refractivity contribution in [3.05, 3.63) is 34.1 Å². The molecule has 3 rings (SSSR count). The third-order valence-corrected chi connectivity index (χ3v) is 5.06. The van der Waals surface area contributed by atoms with E-state index in [-0.39, 0.29) is 17.1 Å².